The van der Waals surface area contributed by atoms with E-state index in [9.17, 15) is 5.11 Å². The van der Waals surface area contributed by atoms with E-state index in [0.717, 1.165) is 13.0 Å². The SMILES string of the molecule is Cc1ccc(CN2CCCCC2C2CCCCC2O)cc1. The maximum atomic E-state index is 10.4. The van der Waals surface area contributed by atoms with E-state index in [1.54, 1.807) is 0 Å². The molecule has 2 aliphatic rings. The molecule has 3 atom stereocenters. The zero-order valence-electron chi connectivity index (χ0n) is 13.3. The maximum Gasteiger partial charge on any atom is 0.0583 e. The summed E-state index contributed by atoms with van der Waals surface area (Å²) in [4.78, 5) is 2.65. The van der Waals surface area contributed by atoms with Crippen molar-refractivity contribution in [3.63, 3.8) is 0 Å². The average molecular weight is 287 g/mol. The lowest BCUT2D eigenvalue weighted by Gasteiger charge is -2.43. The van der Waals surface area contributed by atoms with Gasteiger partial charge in [0.15, 0.2) is 0 Å². The lowest BCUT2D eigenvalue weighted by molar-refractivity contribution is -0.00861. The van der Waals surface area contributed by atoms with Crippen LogP contribution in [0.25, 0.3) is 0 Å². The van der Waals surface area contributed by atoms with Crippen LogP contribution >= 0.6 is 0 Å². The third kappa shape index (κ3) is 3.67. The third-order valence-corrected chi connectivity index (χ3v) is 5.45. The number of hydrogen-bond acceptors (Lipinski definition) is 2. The van der Waals surface area contributed by atoms with E-state index >= 15 is 0 Å². The Hall–Kier alpha value is -0.860. The van der Waals surface area contributed by atoms with Crippen LogP contribution in [0.3, 0.4) is 0 Å². The van der Waals surface area contributed by atoms with Crippen molar-refractivity contribution >= 4 is 0 Å². The van der Waals surface area contributed by atoms with Gasteiger partial charge in [-0.15, -0.1) is 0 Å². The molecule has 116 valence electrons. The molecule has 1 heterocycles. The quantitative estimate of drug-likeness (QED) is 0.911. The average Bonchev–Trinajstić information content (AvgIpc) is 2.51. The van der Waals surface area contributed by atoms with Gasteiger partial charge in [-0.25, -0.2) is 0 Å². The number of aliphatic hydroxyl groups is 1. The molecule has 0 radical (unpaired) electrons. The second-order valence-electron chi connectivity index (χ2n) is 7.03. The van der Waals surface area contributed by atoms with Crippen molar-refractivity contribution in [1.82, 2.24) is 4.90 Å². The highest BCUT2D eigenvalue weighted by Gasteiger charge is 2.35. The molecule has 1 aromatic rings. The minimum Gasteiger partial charge on any atom is -0.393 e. The molecule has 0 amide bonds. The van der Waals surface area contributed by atoms with Gasteiger partial charge in [0.2, 0.25) is 0 Å². The number of rotatable bonds is 3. The van der Waals surface area contributed by atoms with Gasteiger partial charge in [0.25, 0.3) is 0 Å². The first-order valence-electron chi connectivity index (χ1n) is 8.72. The maximum absolute atomic E-state index is 10.4. The zero-order chi connectivity index (χ0) is 14.7. The summed E-state index contributed by atoms with van der Waals surface area (Å²) < 4.78 is 0. The van der Waals surface area contributed by atoms with Gasteiger partial charge in [-0.1, -0.05) is 49.1 Å². The summed E-state index contributed by atoms with van der Waals surface area (Å²) >= 11 is 0. The Bertz CT molecular complexity index is 441. The van der Waals surface area contributed by atoms with Crippen LogP contribution in [-0.4, -0.2) is 28.7 Å². The summed E-state index contributed by atoms with van der Waals surface area (Å²) in [6, 6.07) is 9.54. The van der Waals surface area contributed by atoms with Gasteiger partial charge < -0.3 is 5.11 Å². The van der Waals surface area contributed by atoms with Crippen molar-refractivity contribution in [3.8, 4) is 0 Å². The Morgan fingerprint density at radius 3 is 2.48 bits per heavy atom. The van der Waals surface area contributed by atoms with Gasteiger partial charge in [-0.05, 0) is 44.7 Å². The minimum atomic E-state index is -0.0673. The van der Waals surface area contributed by atoms with Crippen LogP contribution in [0.1, 0.15) is 56.1 Å². The fraction of sp³-hybridized carbons (Fsp3) is 0.684. The molecule has 2 fully saturated rings. The molecule has 1 saturated heterocycles. The molecular weight excluding hydrogens is 258 g/mol. The van der Waals surface area contributed by atoms with E-state index in [2.05, 4.69) is 36.1 Å². The van der Waals surface area contributed by atoms with E-state index in [-0.39, 0.29) is 6.10 Å². The molecule has 1 N–H and O–H groups in total. The number of likely N-dealkylation sites (tertiary alicyclic amines) is 1. The Balaban J connectivity index is 1.70. The van der Waals surface area contributed by atoms with Crippen LogP contribution in [0.4, 0.5) is 0 Å². The first-order chi connectivity index (χ1) is 10.2. The van der Waals surface area contributed by atoms with Crippen molar-refractivity contribution < 1.29 is 5.11 Å². The highest BCUT2D eigenvalue weighted by Crippen LogP contribution is 2.34. The predicted octanol–water partition coefficient (Wildman–Crippen LogP) is 3.90. The first kappa shape index (κ1) is 15.1. The second kappa shape index (κ2) is 6.93. The molecule has 1 saturated carbocycles. The number of hydrogen-bond donors (Lipinski definition) is 1. The van der Waals surface area contributed by atoms with Gasteiger partial charge in [-0.2, -0.15) is 0 Å². The van der Waals surface area contributed by atoms with E-state index in [0.29, 0.717) is 12.0 Å². The molecule has 0 spiro atoms. The number of aryl methyl sites for hydroxylation is 1. The Morgan fingerprint density at radius 1 is 1.00 bits per heavy atom. The molecular formula is C19H29NO. The molecule has 1 aromatic carbocycles. The van der Waals surface area contributed by atoms with Crippen LogP contribution < -0.4 is 0 Å². The smallest absolute Gasteiger partial charge is 0.0583 e. The third-order valence-electron chi connectivity index (χ3n) is 5.45. The standard InChI is InChI=1S/C19H29NO/c1-15-9-11-16(12-10-15)14-20-13-5-4-7-18(20)17-6-2-3-8-19(17)21/h9-12,17-19,21H,2-8,13-14H2,1H3. The fourth-order valence-corrected chi connectivity index (χ4v) is 4.21. The van der Waals surface area contributed by atoms with Gasteiger partial charge in [0.1, 0.15) is 0 Å². The monoisotopic (exact) mass is 287 g/mol. The Kier molecular flexibility index (Phi) is 4.97. The molecule has 2 heteroatoms. The van der Waals surface area contributed by atoms with E-state index < -0.39 is 0 Å². The van der Waals surface area contributed by atoms with Gasteiger partial charge in [0, 0.05) is 18.5 Å². The lowest BCUT2D eigenvalue weighted by atomic mass is 9.78. The Morgan fingerprint density at radius 2 is 1.71 bits per heavy atom. The molecule has 2 nitrogen and oxygen atoms in total. The molecule has 0 bridgehead atoms. The number of nitrogens with zero attached hydrogens (tertiary/aromatic N) is 1. The van der Waals surface area contributed by atoms with Crippen LogP contribution in [0.15, 0.2) is 24.3 Å². The van der Waals surface area contributed by atoms with Gasteiger partial charge in [-0.3, -0.25) is 4.90 Å². The number of piperidine rings is 1. The van der Waals surface area contributed by atoms with Crippen LogP contribution in [0, 0.1) is 12.8 Å². The van der Waals surface area contributed by atoms with Crippen molar-refractivity contribution in [2.75, 3.05) is 6.54 Å². The van der Waals surface area contributed by atoms with Crippen LogP contribution in [-0.2, 0) is 6.54 Å². The topological polar surface area (TPSA) is 23.5 Å². The lowest BCUT2D eigenvalue weighted by Crippen LogP contribution is -2.48. The van der Waals surface area contributed by atoms with E-state index in [1.807, 2.05) is 0 Å². The van der Waals surface area contributed by atoms with Gasteiger partial charge in [0.05, 0.1) is 6.10 Å². The zero-order valence-corrected chi connectivity index (χ0v) is 13.3. The summed E-state index contributed by atoms with van der Waals surface area (Å²) in [5.74, 6) is 0.504. The number of aliphatic hydroxyl groups excluding tert-OH is 1. The molecule has 1 aliphatic carbocycles. The van der Waals surface area contributed by atoms with Crippen LogP contribution in [0.5, 0.6) is 0 Å². The summed E-state index contributed by atoms with van der Waals surface area (Å²) in [6.45, 7) is 4.39. The van der Waals surface area contributed by atoms with Crippen molar-refractivity contribution in [2.45, 2.75) is 70.6 Å². The van der Waals surface area contributed by atoms with Crippen LogP contribution in [0.2, 0.25) is 0 Å². The first-order valence-corrected chi connectivity index (χ1v) is 8.72. The highest BCUT2D eigenvalue weighted by atomic mass is 16.3. The normalized spacial score (nSPS) is 31.2. The molecule has 0 aromatic heterocycles. The van der Waals surface area contributed by atoms with Crippen molar-refractivity contribution in [3.05, 3.63) is 35.4 Å². The minimum absolute atomic E-state index is 0.0673. The number of benzene rings is 1. The summed E-state index contributed by atoms with van der Waals surface area (Å²) in [6.07, 6.45) is 8.59. The molecule has 1 aliphatic heterocycles. The van der Waals surface area contributed by atoms with Crippen molar-refractivity contribution in [2.24, 2.45) is 5.92 Å². The molecule has 3 unspecified atom stereocenters. The highest BCUT2D eigenvalue weighted by molar-refractivity contribution is 5.21. The summed E-state index contributed by atoms with van der Waals surface area (Å²) in [5.41, 5.74) is 2.74. The Labute approximate surface area is 129 Å². The van der Waals surface area contributed by atoms with E-state index in [1.165, 1.54) is 56.2 Å². The predicted molar refractivity (Wildman–Crippen MR) is 87.2 cm³/mol. The van der Waals surface area contributed by atoms with Gasteiger partial charge >= 0.3 is 0 Å². The summed E-state index contributed by atoms with van der Waals surface area (Å²) in [5, 5.41) is 10.4. The fourth-order valence-electron chi connectivity index (χ4n) is 4.21. The molecule has 3 rings (SSSR count). The summed E-state index contributed by atoms with van der Waals surface area (Å²) in [7, 11) is 0. The second-order valence-corrected chi connectivity index (χ2v) is 7.03. The molecule has 21 heavy (non-hydrogen) atoms. The van der Waals surface area contributed by atoms with E-state index in [4.69, 9.17) is 0 Å². The van der Waals surface area contributed by atoms with Crippen molar-refractivity contribution in [1.29, 1.82) is 0 Å². The largest absolute Gasteiger partial charge is 0.393 e.